The van der Waals surface area contributed by atoms with Crippen LogP contribution in [0.2, 0.25) is 0 Å². The summed E-state index contributed by atoms with van der Waals surface area (Å²) in [5.74, 6) is -1.18. The Balaban J connectivity index is 1.77. The van der Waals surface area contributed by atoms with E-state index >= 15 is 0 Å². The third-order valence-electron chi connectivity index (χ3n) is 6.02. The number of nitrogens with zero attached hydrogens (tertiary/aromatic N) is 1. The average Bonchev–Trinajstić information content (AvgIpc) is 2.96. The summed E-state index contributed by atoms with van der Waals surface area (Å²) in [6.07, 6.45) is 2.67. The third-order valence-corrected chi connectivity index (χ3v) is 6.02. The molecule has 0 radical (unpaired) electrons. The SMILES string of the molecule is COC(=O)C1C(c2ccc(F)cc2)CC2CCC1N2CCC(OC)OC(C)=O. The van der Waals surface area contributed by atoms with E-state index in [1.807, 2.05) is 0 Å². The van der Waals surface area contributed by atoms with E-state index in [-0.39, 0.29) is 35.6 Å². The first-order chi connectivity index (χ1) is 13.4. The molecule has 0 saturated carbocycles. The lowest BCUT2D eigenvalue weighted by Crippen LogP contribution is -2.51. The van der Waals surface area contributed by atoms with E-state index in [4.69, 9.17) is 14.2 Å². The number of rotatable bonds is 7. The first-order valence-corrected chi connectivity index (χ1v) is 9.73. The smallest absolute Gasteiger partial charge is 0.310 e. The summed E-state index contributed by atoms with van der Waals surface area (Å²) in [6.45, 7) is 2.03. The van der Waals surface area contributed by atoms with Crippen LogP contribution in [-0.4, -0.2) is 56.0 Å². The van der Waals surface area contributed by atoms with Crippen molar-refractivity contribution >= 4 is 11.9 Å². The van der Waals surface area contributed by atoms with E-state index < -0.39 is 6.29 Å². The third kappa shape index (κ3) is 4.36. The molecule has 1 aromatic carbocycles. The van der Waals surface area contributed by atoms with Crippen LogP contribution in [-0.2, 0) is 23.8 Å². The molecule has 0 N–H and O–H groups in total. The van der Waals surface area contributed by atoms with Gasteiger partial charge in [-0.1, -0.05) is 12.1 Å². The van der Waals surface area contributed by atoms with Gasteiger partial charge in [0.05, 0.1) is 13.0 Å². The Morgan fingerprint density at radius 2 is 1.93 bits per heavy atom. The molecule has 1 aromatic rings. The van der Waals surface area contributed by atoms with Gasteiger partial charge in [-0.05, 0) is 37.0 Å². The summed E-state index contributed by atoms with van der Waals surface area (Å²) >= 11 is 0. The number of methoxy groups -OCH3 is 2. The van der Waals surface area contributed by atoms with Crippen molar-refractivity contribution < 1.29 is 28.2 Å². The van der Waals surface area contributed by atoms with E-state index in [2.05, 4.69) is 4.90 Å². The molecule has 0 spiro atoms. The van der Waals surface area contributed by atoms with Crippen LogP contribution >= 0.6 is 0 Å². The number of fused-ring (bicyclic) bond motifs is 2. The molecule has 28 heavy (non-hydrogen) atoms. The molecule has 5 unspecified atom stereocenters. The standard InChI is InChI=1S/C21H28FNO5/c1-13(24)28-19(26-2)10-11-23-16-8-9-18(23)20(21(25)27-3)17(12-16)14-4-6-15(22)7-5-14/h4-7,16-20H,8-12H2,1-3H3. The second kappa shape index (κ2) is 9.01. The van der Waals surface area contributed by atoms with Crippen molar-refractivity contribution in [3.05, 3.63) is 35.6 Å². The predicted octanol–water partition coefficient (Wildman–Crippen LogP) is 2.86. The van der Waals surface area contributed by atoms with E-state index in [1.165, 1.54) is 33.3 Å². The highest BCUT2D eigenvalue weighted by Gasteiger charge is 2.50. The van der Waals surface area contributed by atoms with Crippen LogP contribution in [0.4, 0.5) is 4.39 Å². The number of hydrogen-bond donors (Lipinski definition) is 0. The Bertz CT molecular complexity index is 695. The van der Waals surface area contributed by atoms with Gasteiger partial charge in [0.15, 0.2) is 0 Å². The molecule has 6 nitrogen and oxygen atoms in total. The van der Waals surface area contributed by atoms with Gasteiger partial charge in [-0.15, -0.1) is 0 Å². The Morgan fingerprint density at radius 3 is 2.54 bits per heavy atom. The number of carbonyl (C=O) groups is 2. The normalized spacial score (nSPS) is 28.0. The van der Waals surface area contributed by atoms with Crippen molar-refractivity contribution in [2.75, 3.05) is 20.8 Å². The molecule has 2 aliphatic heterocycles. The van der Waals surface area contributed by atoms with Crippen molar-refractivity contribution in [1.82, 2.24) is 4.90 Å². The minimum Gasteiger partial charge on any atom is -0.469 e. The monoisotopic (exact) mass is 393 g/mol. The van der Waals surface area contributed by atoms with Gasteiger partial charge in [0.1, 0.15) is 5.82 Å². The van der Waals surface area contributed by atoms with E-state index in [1.54, 1.807) is 12.1 Å². The maximum Gasteiger partial charge on any atom is 0.310 e. The Hall–Kier alpha value is -1.99. The molecular weight excluding hydrogens is 365 g/mol. The lowest BCUT2D eigenvalue weighted by molar-refractivity contribution is -0.173. The van der Waals surface area contributed by atoms with Crippen LogP contribution in [0.25, 0.3) is 0 Å². The first-order valence-electron chi connectivity index (χ1n) is 9.73. The van der Waals surface area contributed by atoms with Crippen LogP contribution in [0, 0.1) is 11.7 Å². The summed E-state index contributed by atoms with van der Waals surface area (Å²) in [5.41, 5.74) is 0.975. The summed E-state index contributed by atoms with van der Waals surface area (Å²) in [4.78, 5) is 26.2. The van der Waals surface area contributed by atoms with Crippen molar-refractivity contribution in [1.29, 1.82) is 0 Å². The van der Waals surface area contributed by atoms with E-state index in [0.29, 0.717) is 19.0 Å². The fraction of sp³-hybridized carbons (Fsp3) is 0.619. The topological polar surface area (TPSA) is 65.1 Å². The van der Waals surface area contributed by atoms with Gasteiger partial charge in [0.25, 0.3) is 0 Å². The molecule has 0 aliphatic carbocycles. The Morgan fingerprint density at radius 1 is 1.21 bits per heavy atom. The van der Waals surface area contributed by atoms with Gasteiger partial charge in [-0.25, -0.2) is 4.39 Å². The maximum absolute atomic E-state index is 13.4. The Labute approximate surface area is 164 Å². The highest BCUT2D eigenvalue weighted by molar-refractivity contribution is 5.75. The second-order valence-electron chi connectivity index (χ2n) is 7.54. The fourth-order valence-corrected chi connectivity index (χ4v) is 4.84. The van der Waals surface area contributed by atoms with Crippen molar-refractivity contribution in [3.63, 3.8) is 0 Å². The molecule has 2 bridgehead atoms. The van der Waals surface area contributed by atoms with Crippen LogP contribution in [0.5, 0.6) is 0 Å². The molecule has 2 aliphatic rings. The maximum atomic E-state index is 13.4. The van der Waals surface area contributed by atoms with Crippen LogP contribution < -0.4 is 0 Å². The van der Waals surface area contributed by atoms with Gasteiger partial charge in [0.2, 0.25) is 6.29 Å². The van der Waals surface area contributed by atoms with Crippen molar-refractivity contribution in [3.8, 4) is 0 Å². The second-order valence-corrected chi connectivity index (χ2v) is 7.54. The molecule has 2 heterocycles. The first kappa shape index (κ1) is 20.7. The Kier molecular flexibility index (Phi) is 6.67. The predicted molar refractivity (Wildman–Crippen MR) is 100.0 cm³/mol. The summed E-state index contributed by atoms with van der Waals surface area (Å²) in [6, 6.07) is 6.81. The number of hydrogen-bond acceptors (Lipinski definition) is 6. The molecule has 154 valence electrons. The van der Waals surface area contributed by atoms with Gasteiger partial charge in [-0.3, -0.25) is 14.5 Å². The summed E-state index contributed by atoms with van der Waals surface area (Å²) < 4.78 is 28.9. The minimum atomic E-state index is -0.594. The lowest BCUT2D eigenvalue weighted by Gasteiger charge is -2.44. The number of benzene rings is 1. The van der Waals surface area contributed by atoms with Crippen molar-refractivity contribution in [2.45, 2.75) is 56.9 Å². The number of ether oxygens (including phenoxy) is 3. The highest BCUT2D eigenvalue weighted by atomic mass is 19.1. The van der Waals surface area contributed by atoms with Gasteiger partial charge >= 0.3 is 11.9 Å². The molecule has 7 heteroatoms. The summed E-state index contributed by atoms with van der Waals surface area (Å²) in [5, 5.41) is 0. The minimum absolute atomic E-state index is 0.00786. The van der Waals surface area contributed by atoms with E-state index in [0.717, 1.165) is 24.8 Å². The number of esters is 2. The lowest BCUT2D eigenvalue weighted by atomic mass is 9.76. The van der Waals surface area contributed by atoms with Crippen LogP contribution in [0.15, 0.2) is 24.3 Å². The zero-order chi connectivity index (χ0) is 20.3. The molecular formula is C21H28FNO5. The molecule has 0 amide bonds. The largest absolute Gasteiger partial charge is 0.469 e. The van der Waals surface area contributed by atoms with E-state index in [9.17, 15) is 14.0 Å². The number of carbonyl (C=O) groups excluding carboxylic acids is 2. The molecule has 0 aromatic heterocycles. The fourth-order valence-electron chi connectivity index (χ4n) is 4.84. The molecule has 2 fully saturated rings. The molecule has 2 saturated heterocycles. The quantitative estimate of drug-likeness (QED) is 0.524. The highest BCUT2D eigenvalue weighted by Crippen LogP contribution is 2.47. The van der Waals surface area contributed by atoms with Crippen LogP contribution in [0.3, 0.4) is 0 Å². The molecule has 3 rings (SSSR count). The average molecular weight is 393 g/mol. The van der Waals surface area contributed by atoms with Crippen molar-refractivity contribution in [2.24, 2.45) is 5.92 Å². The molecule has 5 atom stereocenters. The van der Waals surface area contributed by atoms with Gasteiger partial charge < -0.3 is 14.2 Å². The van der Waals surface area contributed by atoms with Gasteiger partial charge in [0, 0.05) is 45.0 Å². The summed E-state index contributed by atoms with van der Waals surface area (Å²) in [7, 11) is 2.93. The number of halogens is 1. The number of piperidine rings is 1. The van der Waals surface area contributed by atoms with Gasteiger partial charge in [-0.2, -0.15) is 0 Å². The zero-order valence-corrected chi connectivity index (χ0v) is 16.6. The zero-order valence-electron chi connectivity index (χ0n) is 16.6. The van der Waals surface area contributed by atoms with Crippen LogP contribution in [0.1, 0.15) is 44.1 Å².